The van der Waals surface area contributed by atoms with Crippen molar-refractivity contribution in [2.24, 2.45) is 0 Å². The van der Waals surface area contributed by atoms with Crippen LogP contribution in [-0.4, -0.2) is 3.21 Å². The van der Waals surface area contributed by atoms with Gasteiger partial charge in [-0.2, -0.15) is 52.6 Å². The quantitative estimate of drug-likeness (QED) is 0.124. The number of aryl methyl sites for hydroxylation is 1. The summed E-state index contributed by atoms with van der Waals surface area (Å²) in [6.07, 6.45) is -5.48. The summed E-state index contributed by atoms with van der Waals surface area (Å²) >= 11 is 0.729. The minimum Gasteiger partial charge on any atom is -1.00 e. The maximum absolute atomic E-state index is 12.7. The number of halogens is 8. The molecule has 0 unspecified atom stereocenters. The Kier molecular flexibility index (Phi) is 17.2. The smallest absolute Gasteiger partial charge is 1.00 e. The van der Waals surface area contributed by atoms with Crippen LogP contribution in [0.4, 0.5) is 26.3 Å². The Balaban J connectivity index is 0.000000302. The molecule has 0 atom stereocenters. The van der Waals surface area contributed by atoms with E-state index in [0.717, 1.165) is 54.9 Å². The van der Waals surface area contributed by atoms with Gasteiger partial charge in [0.05, 0.1) is 0 Å². The number of hydrogen-bond acceptors (Lipinski definition) is 0. The molecule has 0 radical (unpaired) electrons. The van der Waals surface area contributed by atoms with Crippen LogP contribution >= 0.6 is 0 Å². The van der Waals surface area contributed by atoms with E-state index >= 15 is 0 Å². The molecule has 0 bridgehead atoms. The second kappa shape index (κ2) is 19.5. The molecule has 0 aromatic heterocycles. The zero-order chi connectivity index (χ0) is 41.1. The van der Waals surface area contributed by atoms with Gasteiger partial charge in [0.2, 0.25) is 0 Å². The van der Waals surface area contributed by atoms with Crippen molar-refractivity contribution in [1.82, 2.24) is 0 Å². The molecule has 0 nitrogen and oxygen atoms in total. The molecule has 0 N–H and O–H groups in total. The van der Waals surface area contributed by atoms with E-state index in [-0.39, 0.29) is 46.8 Å². The van der Waals surface area contributed by atoms with Gasteiger partial charge >= 0.3 is 137 Å². The van der Waals surface area contributed by atoms with Gasteiger partial charge in [0.1, 0.15) is 0 Å². The van der Waals surface area contributed by atoms with Gasteiger partial charge < -0.3 is 24.8 Å². The van der Waals surface area contributed by atoms with E-state index in [1.54, 1.807) is 0 Å². The zero-order valence-electron chi connectivity index (χ0n) is 34.4. The summed E-state index contributed by atoms with van der Waals surface area (Å²) in [5.74, 6) is 0. The molecule has 1 aliphatic carbocycles. The van der Waals surface area contributed by atoms with E-state index in [2.05, 4.69) is 124 Å². The van der Waals surface area contributed by atoms with Gasteiger partial charge in [-0.05, 0) is 17.4 Å². The summed E-state index contributed by atoms with van der Waals surface area (Å²) < 4.78 is 76.7. The molecule has 0 amide bonds. The largest absolute Gasteiger partial charge is 1.00 e. The molecular weight excluding hydrogens is 853 g/mol. The zero-order valence-corrected chi connectivity index (χ0v) is 38.4. The normalized spacial score (nSPS) is 12.5. The molecule has 0 heterocycles. The molecule has 0 fully saturated rings. The fourth-order valence-corrected chi connectivity index (χ4v) is 7.02. The third-order valence-corrected chi connectivity index (χ3v) is 11.1. The number of hydrogen-bond donors (Lipinski definition) is 0. The summed E-state index contributed by atoms with van der Waals surface area (Å²) in [7, 11) is 0. The standard InChI is InChI=1S/C21H25.C15H8F6.C12H19.2ClH.Zr/c1-20(2,3)16-9-7-14-11-15-8-10-17(21(4,5)6)13-19(15)18(14)12-16;16-14(17,18)12-5-1-3-10(8-12)7-11-4-2-6-13(9-11)15(19,20)21;1-5-6-10-7-8-11(9-10)12(2,3)4;;;/h7,9-10,12-13H,11H2,1-6H3;1-6,8-9H;7-9H,5-6H2,1-4H3;2*1H;/q-1;;-1;;;+2/p-2. The molecule has 0 saturated heterocycles. The fraction of sp³-hybridized carbons (Fsp3) is 0.375. The van der Waals surface area contributed by atoms with Crippen molar-refractivity contribution >= 4 is 3.21 Å². The molecule has 5 aromatic rings. The van der Waals surface area contributed by atoms with Crippen LogP contribution in [0.5, 0.6) is 0 Å². The van der Waals surface area contributed by atoms with Crippen LogP contribution in [0.2, 0.25) is 0 Å². The Morgan fingerprint density at radius 2 is 1.11 bits per heavy atom. The van der Waals surface area contributed by atoms with Gasteiger partial charge in [-0.25, -0.2) is 6.07 Å². The minimum absolute atomic E-state index is 0. The number of rotatable bonds is 4. The SMILES string of the molecule is CC(C)(C)c1c[c-]c2c(c1)-c1cc(C(C)(C)C)ccc1C2.CCCc1cc(C(C)(C)C)c[cH-]1.FC(F)(F)c1cccc([C](=[Zr+2])c2cccc(C(F)(F)F)c2)c1.[Cl-].[Cl-]. The summed E-state index contributed by atoms with van der Waals surface area (Å²) in [5.41, 5.74) is 10.9. The number of benzene rings is 4. The van der Waals surface area contributed by atoms with Gasteiger partial charge in [0.25, 0.3) is 0 Å². The molecule has 5 aromatic carbocycles. The van der Waals surface area contributed by atoms with Crippen LogP contribution in [0.25, 0.3) is 11.1 Å². The maximum Gasteiger partial charge on any atom is -1.00 e. The van der Waals surface area contributed by atoms with E-state index < -0.39 is 23.5 Å². The van der Waals surface area contributed by atoms with Crippen LogP contribution in [0, 0.1) is 6.07 Å². The molecule has 57 heavy (non-hydrogen) atoms. The predicted molar refractivity (Wildman–Crippen MR) is 212 cm³/mol. The minimum atomic E-state index is -4.49. The Labute approximate surface area is 363 Å². The third-order valence-electron chi connectivity index (χ3n) is 9.71. The van der Waals surface area contributed by atoms with Crippen molar-refractivity contribution in [3.8, 4) is 11.1 Å². The van der Waals surface area contributed by atoms with E-state index in [9.17, 15) is 26.3 Å². The Morgan fingerprint density at radius 1 is 0.614 bits per heavy atom. The average molecular weight is 905 g/mol. The van der Waals surface area contributed by atoms with Crippen molar-refractivity contribution < 1.29 is 75.4 Å². The first-order chi connectivity index (χ1) is 25.3. The van der Waals surface area contributed by atoms with Crippen LogP contribution in [-0.2, 0) is 65.7 Å². The van der Waals surface area contributed by atoms with Gasteiger partial charge in [0, 0.05) is 0 Å². The van der Waals surface area contributed by atoms with Gasteiger partial charge in [-0.1, -0.05) is 122 Å². The molecule has 306 valence electrons. The summed E-state index contributed by atoms with van der Waals surface area (Å²) in [6.45, 7) is 22.7. The Morgan fingerprint density at radius 3 is 1.54 bits per heavy atom. The number of fused-ring (bicyclic) bond motifs is 3. The second-order valence-corrected chi connectivity index (χ2v) is 18.6. The Hall–Kier alpha value is -2.86. The van der Waals surface area contributed by atoms with Crippen molar-refractivity contribution in [2.45, 2.75) is 117 Å². The third kappa shape index (κ3) is 13.6. The molecule has 9 heteroatoms. The van der Waals surface area contributed by atoms with E-state index in [0.29, 0.717) is 8.62 Å². The van der Waals surface area contributed by atoms with E-state index in [4.69, 9.17) is 0 Å². The molecule has 0 saturated carbocycles. The Bertz CT molecular complexity index is 1980. The molecule has 6 rings (SSSR count). The van der Waals surface area contributed by atoms with E-state index in [1.807, 2.05) is 0 Å². The first kappa shape index (κ1) is 50.3. The van der Waals surface area contributed by atoms with Gasteiger partial charge in [-0.3, -0.25) is 0 Å². The molecule has 0 aliphatic heterocycles. The van der Waals surface area contributed by atoms with Crippen molar-refractivity contribution in [3.05, 3.63) is 159 Å². The van der Waals surface area contributed by atoms with Crippen LogP contribution in [0.15, 0.2) is 97.1 Å². The second-order valence-electron chi connectivity index (χ2n) is 17.4. The monoisotopic (exact) mass is 902 g/mol. The first-order valence-electron chi connectivity index (χ1n) is 18.7. The summed E-state index contributed by atoms with van der Waals surface area (Å²) in [6, 6.07) is 31.1. The molecular formula is C48H52Cl2F6Zr-2. The molecule has 1 aliphatic rings. The van der Waals surface area contributed by atoms with Crippen molar-refractivity contribution in [2.75, 3.05) is 0 Å². The predicted octanol–water partition coefficient (Wildman–Crippen LogP) is 8.16. The topological polar surface area (TPSA) is 0 Å². The van der Waals surface area contributed by atoms with Crippen LogP contribution in [0.3, 0.4) is 0 Å². The average Bonchev–Trinajstić information content (AvgIpc) is 3.72. The fourth-order valence-electron chi connectivity index (χ4n) is 6.26. The van der Waals surface area contributed by atoms with Crippen LogP contribution < -0.4 is 24.8 Å². The summed E-state index contributed by atoms with van der Waals surface area (Å²) in [5, 5.41) is 0. The summed E-state index contributed by atoms with van der Waals surface area (Å²) in [4.78, 5) is 0. The van der Waals surface area contributed by atoms with Crippen molar-refractivity contribution in [3.63, 3.8) is 0 Å². The van der Waals surface area contributed by atoms with Crippen LogP contribution in [0.1, 0.15) is 131 Å². The first-order valence-corrected chi connectivity index (χ1v) is 19.9. The van der Waals surface area contributed by atoms with Gasteiger partial charge in [-0.15, -0.1) is 5.56 Å². The number of alkyl halides is 6. The van der Waals surface area contributed by atoms with Gasteiger partial charge in [0.15, 0.2) is 0 Å². The maximum atomic E-state index is 12.7. The molecule has 0 spiro atoms. The van der Waals surface area contributed by atoms with E-state index in [1.165, 1.54) is 81.6 Å². The van der Waals surface area contributed by atoms with Crippen molar-refractivity contribution in [1.29, 1.82) is 0 Å².